The molecule has 0 rings (SSSR count). The Morgan fingerprint density at radius 3 is 2.12 bits per heavy atom. The van der Waals surface area contributed by atoms with Gasteiger partial charge < -0.3 is 10.2 Å². The monoisotopic (exact) mass is 136 g/mol. The van der Waals surface area contributed by atoms with Crippen molar-refractivity contribution in [2.24, 2.45) is 0 Å². The SMILES string of the molecule is CC(O)C(O)CCS. The second-order valence-electron chi connectivity index (χ2n) is 1.82. The smallest absolute Gasteiger partial charge is 0.0804 e. The van der Waals surface area contributed by atoms with Gasteiger partial charge in [-0.05, 0) is 19.1 Å². The highest BCUT2D eigenvalue weighted by molar-refractivity contribution is 7.80. The number of aliphatic hydroxyl groups is 2. The van der Waals surface area contributed by atoms with E-state index in [4.69, 9.17) is 10.2 Å². The van der Waals surface area contributed by atoms with E-state index in [-0.39, 0.29) is 0 Å². The van der Waals surface area contributed by atoms with Gasteiger partial charge in [-0.15, -0.1) is 0 Å². The summed E-state index contributed by atoms with van der Waals surface area (Å²) in [4.78, 5) is 0. The first-order valence-electron chi connectivity index (χ1n) is 2.65. The Kier molecular flexibility index (Phi) is 4.32. The molecule has 0 saturated heterocycles. The number of aliphatic hydroxyl groups excluding tert-OH is 2. The highest BCUT2D eigenvalue weighted by Gasteiger charge is 2.07. The van der Waals surface area contributed by atoms with Crippen LogP contribution in [0, 0.1) is 0 Å². The van der Waals surface area contributed by atoms with Crippen LogP contribution in [-0.2, 0) is 0 Å². The fourth-order valence-electron chi connectivity index (χ4n) is 0.373. The number of thiol groups is 1. The summed E-state index contributed by atoms with van der Waals surface area (Å²) in [6.45, 7) is 1.56. The Labute approximate surface area is 54.9 Å². The van der Waals surface area contributed by atoms with E-state index < -0.39 is 12.2 Å². The van der Waals surface area contributed by atoms with Gasteiger partial charge in [-0.3, -0.25) is 0 Å². The molecule has 2 N–H and O–H groups in total. The molecule has 3 heteroatoms. The standard InChI is InChI=1S/C5H12O2S/c1-4(6)5(7)2-3-8/h4-8H,2-3H2,1H3. The first-order chi connectivity index (χ1) is 3.68. The molecule has 2 unspecified atom stereocenters. The molecule has 0 aromatic carbocycles. The quantitative estimate of drug-likeness (QED) is 0.480. The Hall–Kier alpha value is 0.270. The molecule has 50 valence electrons. The lowest BCUT2D eigenvalue weighted by molar-refractivity contribution is 0.0302. The minimum atomic E-state index is -0.623. The summed E-state index contributed by atoms with van der Waals surface area (Å²) in [5.74, 6) is 0.617. The lowest BCUT2D eigenvalue weighted by Crippen LogP contribution is -2.22. The molecule has 0 aliphatic carbocycles. The van der Waals surface area contributed by atoms with Gasteiger partial charge in [-0.25, -0.2) is 0 Å². The highest BCUT2D eigenvalue weighted by atomic mass is 32.1. The van der Waals surface area contributed by atoms with Crippen LogP contribution in [0.25, 0.3) is 0 Å². The molecule has 0 fully saturated rings. The van der Waals surface area contributed by atoms with Gasteiger partial charge >= 0.3 is 0 Å². The maximum absolute atomic E-state index is 8.83. The number of hydrogen-bond donors (Lipinski definition) is 3. The zero-order valence-corrected chi connectivity index (χ0v) is 5.80. The molecular formula is C5H12O2S. The van der Waals surface area contributed by atoms with Crippen LogP contribution in [-0.4, -0.2) is 28.2 Å². The van der Waals surface area contributed by atoms with E-state index in [1.165, 1.54) is 0 Å². The van der Waals surface area contributed by atoms with E-state index >= 15 is 0 Å². The molecule has 0 aromatic rings. The summed E-state index contributed by atoms with van der Waals surface area (Å²) in [5.41, 5.74) is 0. The minimum absolute atomic E-state index is 0.556. The fraction of sp³-hybridized carbons (Fsp3) is 1.00. The van der Waals surface area contributed by atoms with E-state index in [2.05, 4.69) is 12.6 Å². The Morgan fingerprint density at radius 2 is 2.00 bits per heavy atom. The van der Waals surface area contributed by atoms with E-state index in [9.17, 15) is 0 Å². The van der Waals surface area contributed by atoms with E-state index in [0.29, 0.717) is 12.2 Å². The van der Waals surface area contributed by atoms with Crippen molar-refractivity contribution in [1.82, 2.24) is 0 Å². The van der Waals surface area contributed by atoms with Crippen molar-refractivity contribution in [3.05, 3.63) is 0 Å². The highest BCUT2D eigenvalue weighted by Crippen LogP contribution is 1.98. The average molecular weight is 136 g/mol. The van der Waals surface area contributed by atoms with E-state index in [1.807, 2.05) is 0 Å². The minimum Gasteiger partial charge on any atom is -0.391 e. The molecule has 0 saturated carbocycles. The molecule has 0 aliphatic rings. The molecule has 0 radical (unpaired) electrons. The van der Waals surface area contributed by atoms with Crippen LogP contribution in [0.1, 0.15) is 13.3 Å². The van der Waals surface area contributed by atoms with Crippen LogP contribution in [0.2, 0.25) is 0 Å². The fourth-order valence-corrected chi connectivity index (χ4v) is 0.638. The van der Waals surface area contributed by atoms with Gasteiger partial charge in [0.15, 0.2) is 0 Å². The Bertz CT molecular complexity index is 56.4. The lowest BCUT2D eigenvalue weighted by Gasteiger charge is -2.10. The van der Waals surface area contributed by atoms with Crippen LogP contribution in [0.4, 0.5) is 0 Å². The van der Waals surface area contributed by atoms with Gasteiger partial charge in [0.25, 0.3) is 0 Å². The summed E-state index contributed by atoms with van der Waals surface area (Å²) in [5, 5.41) is 17.5. The van der Waals surface area contributed by atoms with E-state index in [0.717, 1.165) is 0 Å². The van der Waals surface area contributed by atoms with Gasteiger partial charge in [0.1, 0.15) is 0 Å². The van der Waals surface area contributed by atoms with Crippen molar-refractivity contribution >= 4 is 12.6 Å². The molecular weight excluding hydrogens is 124 g/mol. The van der Waals surface area contributed by atoms with Gasteiger partial charge in [0.2, 0.25) is 0 Å². The van der Waals surface area contributed by atoms with Crippen LogP contribution in [0.5, 0.6) is 0 Å². The summed E-state index contributed by atoms with van der Waals surface area (Å²) >= 11 is 3.88. The summed E-state index contributed by atoms with van der Waals surface area (Å²) in [6.07, 6.45) is -0.671. The predicted octanol–water partition coefficient (Wildman–Crippen LogP) is 0.0480. The zero-order valence-electron chi connectivity index (χ0n) is 4.91. The third-order valence-corrected chi connectivity index (χ3v) is 1.24. The molecule has 0 aromatic heterocycles. The maximum atomic E-state index is 8.83. The van der Waals surface area contributed by atoms with Crippen molar-refractivity contribution in [3.63, 3.8) is 0 Å². The lowest BCUT2D eigenvalue weighted by atomic mass is 10.2. The van der Waals surface area contributed by atoms with Gasteiger partial charge in [-0.2, -0.15) is 12.6 Å². The molecule has 8 heavy (non-hydrogen) atoms. The topological polar surface area (TPSA) is 40.5 Å². The summed E-state index contributed by atoms with van der Waals surface area (Å²) < 4.78 is 0. The maximum Gasteiger partial charge on any atom is 0.0804 e. The predicted molar refractivity (Wildman–Crippen MR) is 36.2 cm³/mol. The molecule has 0 heterocycles. The van der Waals surface area contributed by atoms with Crippen molar-refractivity contribution in [2.75, 3.05) is 5.75 Å². The largest absolute Gasteiger partial charge is 0.391 e. The third-order valence-electron chi connectivity index (χ3n) is 0.982. The first-order valence-corrected chi connectivity index (χ1v) is 3.28. The van der Waals surface area contributed by atoms with Crippen molar-refractivity contribution in [3.8, 4) is 0 Å². The van der Waals surface area contributed by atoms with Crippen molar-refractivity contribution in [1.29, 1.82) is 0 Å². The Balaban J connectivity index is 3.17. The molecule has 0 amide bonds. The molecule has 2 nitrogen and oxygen atoms in total. The van der Waals surface area contributed by atoms with Crippen LogP contribution < -0.4 is 0 Å². The second kappa shape index (κ2) is 4.18. The van der Waals surface area contributed by atoms with Crippen molar-refractivity contribution in [2.45, 2.75) is 25.6 Å². The number of rotatable bonds is 3. The Morgan fingerprint density at radius 1 is 1.50 bits per heavy atom. The zero-order chi connectivity index (χ0) is 6.57. The first kappa shape index (κ1) is 8.27. The molecule has 0 bridgehead atoms. The number of hydrogen-bond acceptors (Lipinski definition) is 3. The van der Waals surface area contributed by atoms with Crippen LogP contribution in [0.15, 0.2) is 0 Å². The van der Waals surface area contributed by atoms with Gasteiger partial charge in [-0.1, -0.05) is 0 Å². The van der Waals surface area contributed by atoms with Crippen LogP contribution >= 0.6 is 12.6 Å². The average Bonchev–Trinajstić information content (AvgIpc) is 1.67. The van der Waals surface area contributed by atoms with Gasteiger partial charge in [0.05, 0.1) is 12.2 Å². The molecule has 0 spiro atoms. The van der Waals surface area contributed by atoms with Gasteiger partial charge in [0, 0.05) is 0 Å². The summed E-state index contributed by atoms with van der Waals surface area (Å²) in [7, 11) is 0. The molecule has 0 aliphatic heterocycles. The molecule has 2 atom stereocenters. The summed E-state index contributed by atoms with van der Waals surface area (Å²) in [6, 6.07) is 0. The normalized spacial score (nSPS) is 18.0. The third kappa shape index (κ3) is 3.29. The second-order valence-corrected chi connectivity index (χ2v) is 2.27. The van der Waals surface area contributed by atoms with E-state index in [1.54, 1.807) is 6.92 Å². The van der Waals surface area contributed by atoms with Crippen molar-refractivity contribution < 1.29 is 10.2 Å². The van der Waals surface area contributed by atoms with Crippen LogP contribution in [0.3, 0.4) is 0 Å².